The fourth-order valence-corrected chi connectivity index (χ4v) is 2.39. The third-order valence-electron chi connectivity index (χ3n) is 3.66. The molecule has 0 aromatic heterocycles. The Labute approximate surface area is 133 Å². The quantitative estimate of drug-likeness (QED) is 0.615. The third-order valence-corrected chi connectivity index (χ3v) is 3.66. The highest BCUT2D eigenvalue weighted by Crippen LogP contribution is 2.14. The third kappa shape index (κ3) is 7.88. The van der Waals surface area contributed by atoms with E-state index in [1.54, 1.807) is 7.11 Å². The maximum atomic E-state index is 10.3. The largest absolute Gasteiger partial charge is 0.497 e. The molecule has 1 aromatic carbocycles. The Kier molecular flexibility index (Phi) is 9.07. The number of nitrogens with one attached hydrogen (secondary N) is 1. The van der Waals surface area contributed by atoms with Crippen LogP contribution >= 0.6 is 0 Å². The maximum absolute atomic E-state index is 10.3. The number of unbranched alkanes of at least 4 members (excludes halogenated alkanes) is 3. The summed E-state index contributed by atoms with van der Waals surface area (Å²) < 4.78 is 5.26. The maximum Gasteiger partial charge on any atom is 0.404 e. The molecular formula is C17H28N2O3. The van der Waals surface area contributed by atoms with E-state index >= 15 is 0 Å². The molecule has 0 fully saturated rings. The van der Waals surface area contributed by atoms with E-state index in [0.29, 0.717) is 6.54 Å². The van der Waals surface area contributed by atoms with Gasteiger partial charge in [0.15, 0.2) is 0 Å². The molecule has 0 saturated heterocycles. The molecule has 2 N–H and O–H groups in total. The number of amides is 1. The van der Waals surface area contributed by atoms with Gasteiger partial charge >= 0.3 is 6.09 Å². The molecule has 0 radical (unpaired) electrons. The molecular weight excluding hydrogens is 280 g/mol. The van der Waals surface area contributed by atoms with E-state index < -0.39 is 6.09 Å². The van der Waals surface area contributed by atoms with Crippen molar-refractivity contribution in [3.05, 3.63) is 29.8 Å². The summed E-state index contributed by atoms with van der Waals surface area (Å²) in [6.07, 6.45) is 3.32. The topological polar surface area (TPSA) is 61.8 Å². The van der Waals surface area contributed by atoms with Crippen molar-refractivity contribution in [1.82, 2.24) is 10.2 Å². The van der Waals surface area contributed by atoms with Gasteiger partial charge in [-0.05, 0) is 43.6 Å². The van der Waals surface area contributed by atoms with Crippen LogP contribution in [0.5, 0.6) is 5.75 Å². The van der Waals surface area contributed by atoms with Crippen LogP contribution in [0, 0.1) is 0 Å². The van der Waals surface area contributed by atoms with E-state index in [1.807, 2.05) is 12.1 Å². The van der Waals surface area contributed by atoms with Crippen LogP contribution in [-0.4, -0.2) is 42.8 Å². The summed E-state index contributed by atoms with van der Waals surface area (Å²) in [6, 6.07) is 8.20. The van der Waals surface area contributed by atoms with E-state index in [2.05, 4.69) is 29.3 Å². The predicted octanol–water partition coefficient (Wildman–Crippen LogP) is 3.35. The van der Waals surface area contributed by atoms with E-state index in [0.717, 1.165) is 51.1 Å². The van der Waals surface area contributed by atoms with E-state index in [-0.39, 0.29) is 0 Å². The molecule has 0 aliphatic rings. The molecule has 0 bridgehead atoms. The van der Waals surface area contributed by atoms with Gasteiger partial charge in [0.1, 0.15) is 5.75 Å². The molecule has 1 aromatic rings. The summed E-state index contributed by atoms with van der Waals surface area (Å²) in [6.45, 7) is 5.76. The smallest absolute Gasteiger partial charge is 0.404 e. The SMILES string of the molecule is CCN(CCCCCCNC(=O)O)Cc1cccc(OC)c1. The molecule has 0 atom stereocenters. The monoisotopic (exact) mass is 308 g/mol. The van der Waals surface area contributed by atoms with Gasteiger partial charge in [0, 0.05) is 13.1 Å². The molecule has 0 aliphatic carbocycles. The molecule has 1 amide bonds. The summed E-state index contributed by atoms with van der Waals surface area (Å²) in [4.78, 5) is 12.7. The number of hydrogen-bond donors (Lipinski definition) is 2. The Bertz CT molecular complexity index is 438. The van der Waals surface area contributed by atoms with Crippen LogP contribution in [0.1, 0.15) is 38.2 Å². The van der Waals surface area contributed by atoms with Gasteiger partial charge in [-0.2, -0.15) is 0 Å². The predicted molar refractivity (Wildman–Crippen MR) is 88.4 cm³/mol. The highest BCUT2D eigenvalue weighted by Gasteiger charge is 2.04. The van der Waals surface area contributed by atoms with Gasteiger partial charge < -0.3 is 15.2 Å². The lowest BCUT2D eigenvalue weighted by atomic mass is 10.1. The van der Waals surface area contributed by atoms with Crippen molar-refractivity contribution < 1.29 is 14.6 Å². The van der Waals surface area contributed by atoms with Crippen molar-refractivity contribution in [2.75, 3.05) is 26.7 Å². The van der Waals surface area contributed by atoms with Crippen molar-refractivity contribution in [2.45, 2.75) is 39.2 Å². The summed E-state index contributed by atoms with van der Waals surface area (Å²) in [5.74, 6) is 0.902. The zero-order chi connectivity index (χ0) is 16.2. The fraction of sp³-hybridized carbons (Fsp3) is 0.588. The highest BCUT2D eigenvalue weighted by molar-refractivity contribution is 5.64. The molecule has 0 spiro atoms. The van der Waals surface area contributed by atoms with Gasteiger partial charge in [0.2, 0.25) is 0 Å². The van der Waals surface area contributed by atoms with Crippen molar-refractivity contribution >= 4 is 6.09 Å². The van der Waals surface area contributed by atoms with Crippen LogP contribution in [0.25, 0.3) is 0 Å². The second kappa shape index (κ2) is 10.9. The normalized spacial score (nSPS) is 10.7. The Morgan fingerprint density at radius 2 is 2.05 bits per heavy atom. The first-order valence-electron chi connectivity index (χ1n) is 7.97. The number of ether oxygens (including phenoxy) is 1. The minimum Gasteiger partial charge on any atom is -0.497 e. The zero-order valence-electron chi connectivity index (χ0n) is 13.7. The lowest BCUT2D eigenvalue weighted by Crippen LogP contribution is -2.24. The standard InChI is InChI=1S/C17H28N2O3/c1-3-19(12-7-5-4-6-11-18-17(20)21)14-15-9-8-10-16(13-15)22-2/h8-10,13,18H,3-7,11-12,14H2,1-2H3,(H,20,21). The van der Waals surface area contributed by atoms with Gasteiger partial charge in [0.05, 0.1) is 7.11 Å². The number of benzene rings is 1. The van der Waals surface area contributed by atoms with Crippen LogP contribution in [0.4, 0.5) is 4.79 Å². The first-order valence-corrected chi connectivity index (χ1v) is 7.97. The molecule has 5 heteroatoms. The molecule has 5 nitrogen and oxygen atoms in total. The molecule has 22 heavy (non-hydrogen) atoms. The van der Waals surface area contributed by atoms with Gasteiger partial charge in [-0.25, -0.2) is 4.79 Å². The molecule has 0 heterocycles. The summed E-state index contributed by atoms with van der Waals surface area (Å²) in [5, 5.41) is 10.9. The molecule has 1 rings (SSSR count). The second-order valence-electron chi connectivity index (χ2n) is 5.37. The molecule has 124 valence electrons. The minimum atomic E-state index is -0.935. The fourth-order valence-electron chi connectivity index (χ4n) is 2.39. The average molecular weight is 308 g/mol. The van der Waals surface area contributed by atoms with Crippen molar-refractivity contribution in [1.29, 1.82) is 0 Å². The van der Waals surface area contributed by atoms with E-state index in [9.17, 15) is 4.79 Å². The van der Waals surface area contributed by atoms with E-state index in [1.165, 1.54) is 5.56 Å². The average Bonchev–Trinajstić information content (AvgIpc) is 2.52. The van der Waals surface area contributed by atoms with Gasteiger partial charge in [-0.15, -0.1) is 0 Å². The van der Waals surface area contributed by atoms with Crippen molar-refractivity contribution in [3.8, 4) is 5.75 Å². The number of methoxy groups -OCH3 is 1. The van der Waals surface area contributed by atoms with Gasteiger partial charge in [-0.1, -0.05) is 31.9 Å². The van der Waals surface area contributed by atoms with Crippen LogP contribution in [0.2, 0.25) is 0 Å². The lowest BCUT2D eigenvalue weighted by Gasteiger charge is -2.20. The van der Waals surface area contributed by atoms with Crippen LogP contribution in [0.15, 0.2) is 24.3 Å². The first kappa shape index (κ1) is 18.3. The number of nitrogens with zero attached hydrogens (tertiary/aromatic N) is 1. The number of carboxylic acid groups (broad SMARTS) is 1. The number of rotatable bonds is 11. The van der Waals surface area contributed by atoms with Crippen LogP contribution in [-0.2, 0) is 6.54 Å². The summed E-state index contributed by atoms with van der Waals surface area (Å²) >= 11 is 0. The van der Waals surface area contributed by atoms with Crippen LogP contribution < -0.4 is 10.1 Å². The van der Waals surface area contributed by atoms with Crippen molar-refractivity contribution in [3.63, 3.8) is 0 Å². The van der Waals surface area contributed by atoms with Crippen molar-refractivity contribution in [2.24, 2.45) is 0 Å². The highest BCUT2D eigenvalue weighted by atomic mass is 16.5. The summed E-state index contributed by atoms with van der Waals surface area (Å²) in [7, 11) is 1.69. The van der Waals surface area contributed by atoms with E-state index in [4.69, 9.17) is 9.84 Å². The Balaban J connectivity index is 2.20. The Morgan fingerprint density at radius 3 is 2.73 bits per heavy atom. The molecule has 0 aliphatic heterocycles. The molecule has 0 unspecified atom stereocenters. The zero-order valence-corrected chi connectivity index (χ0v) is 13.7. The van der Waals surface area contributed by atoms with Crippen LogP contribution in [0.3, 0.4) is 0 Å². The Hall–Kier alpha value is -1.75. The van der Waals surface area contributed by atoms with Gasteiger partial charge in [0.25, 0.3) is 0 Å². The van der Waals surface area contributed by atoms with Gasteiger partial charge in [-0.3, -0.25) is 4.90 Å². The minimum absolute atomic E-state index is 0.552. The lowest BCUT2D eigenvalue weighted by molar-refractivity contribution is 0.194. The number of carbonyl (C=O) groups is 1. The first-order chi connectivity index (χ1) is 10.7. The second-order valence-corrected chi connectivity index (χ2v) is 5.37. The molecule has 0 saturated carbocycles. The Morgan fingerprint density at radius 1 is 1.27 bits per heavy atom. The summed E-state index contributed by atoms with van der Waals surface area (Å²) in [5.41, 5.74) is 1.27. The number of hydrogen-bond acceptors (Lipinski definition) is 3.